The summed E-state index contributed by atoms with van der Waals surface area (Å²) >= 11 is 5.64. The third kappa shape index (κ3) is 4.18. The quantitative estimate of drug-likeness (QED) is 0.352. The van der Waals surface area contributed by atoms with Gasteiger partial charge in [0.25, 0.3) is 0 Å². The lowest BCUT2D eigenvalue weighted by Gasteiger charge is -2.47. The summed E-state index contributed by atoms with van der Waals surface area (Å²) in [6.07, 6.45) is 3.41. The van der Waals surface area contributed by atoms with Gasteiger partial charge in [-0.25, -0.2) is 0 Å². The van der Waals surface area contributed by atoms with E-state index in [0.29, 0.717) is 0 Å². The van der Waals surface area contributed by atoms with Crippen molar-refractivity contribution >= 4 is 31.3 Å². The van der Waals surface area contributed by atoms with Gasteiger partial charge >= 0.3 is 0 Å². The SMILES string of the molecule is C[C@@H](O[Si](C)(C)C(C)(C)C)[C@H]1C(=O)N[C@@H]1[C@@H](C)C(=S)c1cccnc1. The average molecular weight is 379 g/mol. The molecule has 0 spiro atoms. The fourth-order valence-corrected chi connectivity index (χ4v) is 4.70. The predicted molar refractivity (Wildman–Crippen MR) is 108 cm³/mol. The Kier molecular flexibility index (Phi) is 5.86. The molecule has 138 valence electrons. The van der Waals surface area contributed by atoms with Crippen molar-refractivity contribution in [2.75, 3.05) is 0 Å². The summed E-state index contributed by atoms with van der Waals surface area (Å²) in [4.78, 5) is 17.2. The number of nitrogens with zero attached hydrogens (tertiary/aromatic N) is 1. The van der Waals surface area contributed by atoms with Crippen LogP contribution in [0.25, 0.3) is 0 Å². The summed E-state index contributed by atoms with van der Waals surface area (Å²) in [5.74, 6) is -0.0249. The Hall–Kier alpha value is -1.11. The van der Waals surface area contributed by atoms with Crippen LogP contribution in [0, 0.1) is 11.8 Å². The molecular formula is C19H30N2O2SSi. The summed E-state index contributed by atoms with van der Waals surface area (Å²) in [7, 11) is -1.92. The number of pyridine rings is 1. The van der Waals surface area contributed by atoms with Gasteiger partial charge in [-0.3, -0.25) is 9.78 Å². The molecule has 0 aliphatic carbocycles. The molecule has 1 aliphatic rings. The molecule has 2 rings (SSSR count). The standard InChI is InChI=1S/C19H30N2O2SSi/c1-12(17(24)14-9-8-10-20-11-14)16-15(18(22)21-16)13(2)23-25(6,7)19(3,4)5/h8-13,15-16H,1-7H3,(H,21,22)/t12-,13-,15-,16-/m1/s1. The lowest BCUT2D eigenvalue weighted by atomic mass is 9.77. The highest BCUT2D eigenvalue weighted by Gasteiger charge is 2.49. The maximum atomic E-state index is 12.3. The molecule has 4 nitrogen and oxygen atoms in total. The molecule has 1 N–H and O–H groups in total. The number of nitrogens with one attached hydrogen (secondary N) is 1. The first-order chi connectivity index (χ1) is 11.5. The van der Waals surface area contributed by atoms with Crippen molar-refractivity contribution < 1.29 is 9.22 Å². The van der Waals surface area contributed by atoms with Crippen molar-refractivity contribution in [1.82, 2.24) is 10.3 Å². The van der Waals surface area contributed by atoms with E-state index in [1.165, 1.54) is 0 Å². The van der Waals surface area contributed by atoms with Crippen LogP contribution in [-0.4, -0.2) is 36.2 Å². The number of hydrogen-bond donors (Lipinski definition) is 1. The monoisotopic (exact) mass is 378 g/mol. The molecule has 4 atom stereocenters. The summed E-state index contributed by atoms with van der Waals surface area (Å²) < 4.78 is 6.46. The molecule has 1 saturated heterocycles. The van der Waals surface area contributed by atoms with E-state index >= 15 is 0 Å². The zero-order chi connectivity index (χ0) is 19.0. The van der Waals surface area contributed by atoms with Crippen LogP contribution in [0.15, 0.2) is 24.5 Å². The molecule has 1 aromatic heterocycles. The highest BCUT2D eigenvalue weighted by Crippen LogP contribution is 2.39. The lowest BCUT2D eigenvalue weighted by molar-refractivity contribution is -0.140. The number of rotatable bonds is 6. The topological polar surface area (TPSA) is 51.2 Å². The molecular weight excluding hydrogens is 348 g/mol. The Labute approximate surface area is 157 Å². The lowest BCUT2D eigenvalue weighted by Crippen LogP contribution is -2.66. The maximum Gasteiger partial charge on any atom is 0.228 e. The third-order valence-corrected chi connectivity index (χ3v) is 10.9. The van der Waals surface area contributed by atoms with Gasteiger partial charge in [-0.2, -0.15) is 0 Å². The van der Waals surface area contributed by atoms with Gasteiger partial charge in [-0.1, -0.05) is 46.0 Å². The molecule has 1 fully saturated rings. The van der Waals surface area contributed by atoms with Crippen LogP contribution < -0.4 is 5.32 Å². The van der Waals surface area contributed by atoms with Gasteiger partial charge in [-0.05, 0) is 31.1 Å². The fraction of sp³-hybridized carbons (Fsp3) is 0.632. The molecule has 1 amide bonds. The second-order valence-electron chi connectivity index (χ2n) is 8.54. The summed E-state index contributed by atoms with van der Waals surface area (Å²) in [5, 5.41) is 3.16. The van der Waals surface area contributed by atoms with Crippen molar-refractivity contribution in [3.63, 3.8) is 0 Å². The molecule has 0 bridgehead atoms. The van der Waals surface area contributed by atoms with Gasteiger partial charge in [0.2, 0.25) is 5.91 Å². The van der Waals surface area contributed by atoms with E-state index in [-0.39, 0.29) is 34.9 Å². The number of amides is 1. The number of thiocarbonyl (C=S) groups is 1. The molecule has 1 aliphatic heterocycles. The summed E-state index contributed by atoms with van der Waals surface area (Å²) in [6, 6.07) is 3.87. The van der Waals surface area contributed by atoms with Gasteiger partial charge in [-0.15, -0.1) is 0 Å². The van der Waals surface area contributed by atoms with Crippen LogP contribution >= 0.6 is 12.2 Å². The van der Waals surface area contributed by atoms with Gasteiger partial charge in [0, 0.05) is 28.7 Å². The molecule has 0 aromatic carbocycles. The van der Waals surface area contributed by atoms with Crippen LogP contribution in [0.3, 0.4) is 0 Å². The molecule has 0 saturated carbocycles. The highest BCUT2D eigenvalue weighted by atomic mass is 32.1. The van der Waals surface area contributed by atoms with Gasteiger partial charge in [0.05, 0.1) is 18.1 Å². The first kappa shape index (κ1) is 20.2. The van der Waals surface area contributed by atoms with Crippen LogP contribution in [0.1, 0.15) is 40.2 Å². The Balaban J connectivity index is 2.11. The van der Waals surface area contributed by atoms with E-state index in [9.17, 15) is 4.79 Å². The van der Waals surface area contributed by atoms with Crippen LogP contribution in [0.5, 0.6) is 0 Å². The van der Waals surface area contributed by atoms with Crippen LogP contribution in [0.2, 0.25) is 18.1 Å². The smallest absolute Gasteiger partial charge is 0.228 e. The third-order valence-electron chi connectivity index (χ3n) is 5.69. The number of hydrogen-bond acceptors (Lipinski definition) is 4. The highest BCUT2D eigenvalue weighted by molar-refractivity contribution is 7.80. The van der Waals surface area contributed by atoms with E-state index in [2.05, 4.69) is 51.1 Å². The van der Waals surface area contributed by atoms with E-state index in [1.54, 1.807) is 12.4 Å². The van der Waals surface area contributed by atoms with Crippen LogP contribution in [0.4, 0.5) is 0 Å². The Morgan fingerprint density at radius 3 is 2.48 bits per heavy atom. The fourth-order valence-electron chi connectivity index (χ4n) is 3.01. The Morgan fingerprint density at radius 1 is 1.36 bits per heavy atom. The van der Waals surface area contributed by atoms with Crippen molar-refractivity contribution in [2.45, 2.75) is 64.9 Å². The summed E-state index contributed by atoms with van der Waals surface area (Å²) in [5.41, 5.74) is 0.947. The Morgan fingerprint density at radius 2 is 2.00 bits per heavy atom. The second-order valence-corrected chi connectivity index (χ2v) is 13.7. The zero-order valence-corrected chi connectivity index (χ0v) is 18.1. The van der Waals surface area contributed by atoms with E-state index < -0.39 is 8.32 Å². The average Bonchev–Trinajstić information content (AvgIpc) is 2.50. The first-order valence-electron chi connectivity index (χ1n) is 8.88. The van der Waals surface area contributed by atoms with Gasteiger partial charge in [0.1, 0.15) is 0 Å². The minimum atomic E-state index is -1.92. The largest absolute Gasteiger partial charge is 0.413 e. The molecule has 1 aromatic rings. The number of carbonyl (C=O) groups is 1. The normalized spacial score (nSPS) is 23.4. The minimum Gasteiger partial charge on any atom is -0.413 e. The number of carbonyl (C=O) groups excluding carboxylic acids is 1. The van der Waals surface area contributed by atoms with Crippen LogP contribution in [-0.2, 0) is 9.22 Å². The van der Waals surface area contributed by atoms with Crippen molar-refractivity contribution in [1.29, 1.82) is 0 Å². The molecule has 2 heterocycles. The zero-order valence-electron chi connectivity index (χ0n) is 16.3. The minimum absolute atomic E-state index is 0.0139. The first-order valence-corrected chi connectivity index (χ1v) is 12.2. The maximum absolute atomic E-state index is 12.3. The van der Waals surface area contributed by atoms with Crippen molar-refractivity contribution in [2.24, 2.45) is 11.8 Å². The van der Waals surface area contributed by atoms with E-state index in [1.807, 2.05) is 19.1 Å². The molecule has 25 heavy (non-hydrogen) atoms. The molecule has 0 radical (unpaired) electrons. The number of aromatic nitrogens is 1. The predicted octanol–water partition coefficient (Wildman–Crippen LogP) is 3.96. The van der Waals surface area contributed by atoms with Gasteiger partial charge in [0.15, 0.2) is 8.32 Å². The molecule has 0 unspecified atom stereocenters. The second kappa shape index (κ2) is 7.25. The molecule has 6 heteroatoms. The number of β-lactam (4-membered cyclic amide) rings is 1. The van der Waals surface area contributed by atoms with E-state index in [0.717, 1.165) is 10.4 Å². The van der Waals surface area contributed by atoms with E-state index in [4.69, 9.17) is 16.6 Å². The van der Waals surface area contributed by atoms with Crippen molar-refractivity contribution in [3.8, 4) is 0 Å². The van der Waals surface area contributed by atoms with Gasteiger partial charge < -0.3 is 9.74 Å². The summed E-state index contributed by atoms with van der Waals surface area (Å²) in [6.45, 7) is 15.2. The Bertz CT molecular complexity index is 643. The van der Waals surface area contributed by atoms with Crippen molar-refractivity contribution in [3.05, 3.63) is 30.1 Å².